The van der Waals surface area contributed by atoms with Crippen LogP contribution in [-0.4, -0.2) is 16.3 Å². The van der Waals surface area contributed by atoms with Crippen molar-refractivity contribution in [2.75, 3.05) is 0 Å². The minimum absolute atomic E-state index is 0.311. The molecule has 0 bridgehead atoms. The molecular formula is C14H14N2O. The molecule has 3 nitrogen and oxygen atoms in total. The predicted molar refractivity (Wildman–Crippen MR) is 66.9 cm³/mol. The Morgan fingerprint density at radius 2 is 1.76 bits per heavy atom. The maximum atomic E-state index is 10.9. The van der Waals surface area contributed by atoms with Gasteiger partial charge in [-0.15, -0.1) is 0 Å². The van der Waals surface area contributed by atoms with Gasteiger partial charge in [0.25, 0.3) is 0 Å². The third-order valence-electron chi connectivity index (χ3n) is 2.59. The fourth-order valence-electron chi connectivity index (χ4n) is 1.64. The summed E-state index contributed by atoms with van der Waals surface area (Å²) in [5, 5.41) is 0. The van der Waals surface area contributed by atoms with Crippen molar-refractivity contribution in [1.29, 1.82) is 0 Å². The minimum atomic E-state index is 0.311. The van der Waals surface area contributed by atoms with Gasteiger partial charge in [-0.25, -0.2) is 9.97 Å². The molecule has 3 heteroatoms. The smallest absolute Gasteiger partial charge is 0.150 e. The highest BCUT2D eigenvalue weighted by Gasteiger charge is 2.06. The lowest BCUT2D eigenvalue weighted by Crippen LogP contribution is -1.97. The van der Waals surface area contributed by atoms with Crippen LogP contribution in [0.2, 0.25) is 0 Å². The van der Waals surface area contributed by atoms with Crippen LogP contribution < -0.4 is 0 Å². The standard InChI is InChI=1S/C14H14N2O/c1-10(2)14-15-7-12(8-16-14)13-6-4-3-5-11(13)9-17/h3-10H,1-2H3. The highest BCUT2D eigenvalue weighted by molar-refractivity contribution is 5.87. The van der Waals surface area contributed by atoms with Crippen molar-refractivity contribution in [1.82, 2.24) is 9.97 Å². The zero-order valence-electron chi connectivity index (χ0n) is 9.92. The summed E-state index contributed by atoms with van der Waals surface area (Å²) >= 11 is 0. The van der Waals surface area contributed by atoms with Crippen molar-refractivity contribution < 1.29 is 4.79 Å². The van der Waals surface area contributed by atoms with Gasteiger partial charge in [-0.1, -0.05) is 38.1 Å². The van der Waals surface area contributed by atoms with E-state index in [1.165, 1.54) is 0 Å². The third-order valence-corrected chi connectivity index (χ3v) is 2.59. The highest BCUT2D eigenvalue weighted by Crippen LogP contribution is 2.21. The second kappa shape index (κ2) is 4.87. The lowest BCUT2D eigenvalue weighted by molar-refractivity contribution is 0.112. The van der Waals surface area contributed by atoms with Gasteiger partial charge >= 0.3 is 0 Å². The first-order valence-electron chi connectivity index (χ1n) is 5.59. The molecular weight excluding hydrogens is 212 g/mol. The molecule has 0 saturated heterocycles. The van der Waals surface area contributed by atoms with Crippen LogP contribution in [0.15, 0.2) is 36.7 Å². The van der Waals surface area contributed by atoms with E-state index in [9.17, 15) is 4.79 Å². The van der Waals surface area contributed by atoms with Crippen LogP contribution in [0, 0.1) is 0 Å². The molecule has 0 amide bonds. The Bertz CT molecular complexity index is 518. The summed E-state index contributed by atoms with van der Waals surface area (Å²) in [6.07, 6.45) is 4.39. The molecule has 2 aromatic rings. The molecule has 1 heterocycles. The monoisotopic (exact) mass is 226 g/mol. The predicted octanol–water partition coefficient (Wildman–Crippen LogP) is 3.08. The second-order valence-corrected chi connectivity index (χ2v) is 4.19. The Kier molecular flexibility index (Phi) is 3.28. The maximum absolute atomic E-state index is 10.9. The summed E-state index contributed by atoms with van der Waals surface area (Å²) < 4.78 is 0. The topological polar surface area (TPSA) is 42.9 Å². The molecule has 2 rings (SSSR count). The number of carbonyl (C=O) groups is 1. The molecule has 0 fully saturated rings. The largest absolute Gasteiger partial charge is 0.298 e. The number of hydrogen-bond acceptors (Lipinski definition) is 3. The van der Waals surface area contributed by atoms with E-state index in [0.29, 0.717) is 11.5 Å². The average molecular weight is 226 g/mol. The first-order chi connectivity index (χ1) is 8.22. The third kappa shape index (κ3) is 2.38. The Balaban J connectivity index is 2.43. The van der Waals surface area contributed by atoms with Crippen molar-refractivity contribution in [2.45, 2.75) is 19.8 Å². The van der Waals surface area contributed by atoms with Gasteiger partial charge in [0, 0.05) is 29.4 Å². The fraction of sp³-hybridized carbons (Fsp3) is 0.214. The summed E-state index contributed by atoms with van der Waals surface area (Å²) in [5.74, 6) is 1.13. The molecule has 0 radical (unpaired) electrons. The number of benzene rings is 1. The van der Waals surface area contributed by atoms with Crippen LogP contribution in [0.25, 0.3) is 11.1 Å². The van der Waals surface area contributed by atoms with Gasteiger partial charge in [-0.2, -0.15) is 0 Å². The van der Waals surface area contributed by atoms with E-state index < -0.39 is 0 Å². The number of aromatic nitrogens is 2. The van der Waals surface area contributed by atoms with Crippen molar-refractivity contribution in [2.24, 2.45) is 0 Å². The Hall–Kier alpha value is -2.03. The zero-order valence-corrected chi connectivity index (χ0v) is 9.92. The van der Waals surface area contributed by atoms with Gasteiger partial charge in [-0.3, -0.25) is 4.79 Å². The van der Waals surface area contributed by atoms with Crippen LogP contribution >= 0.6 is 0 Å². The van der Waals surface area contributed by atoms with Crippen molar-refractivity contribution in [3.05, 3.63) is 48.0 Å². The van der Waals surface area contributed by atoms with E-state index in [1.54, 1.807) is 18.5 Å². The van der Waals surface area contributed by atoms with E-state index in [4.69, 9.17) is 0 Å². The normalized spacial score (nSPS) is 10.5. The summed E-state index contributed by atoms with van der Waals surface area (Å²) in [6.45, 7) is 4.10. The van der Waals surface area contributed by atoms with Crippen LogP contribution in [0.1, 0.15) is 35.9 Å². The molecule has 0 atom stereocenters. The van der Waals surface area contributed by atoms with Crippen LogP contribution in [0.5, 0.6) is 0 Å². The van der Waals surface area contributed by atoms with E-state index in [-0.39, 0.29) is 0 Å². The summed E-state index contributed by atoms with van der Waals surface area (Å²) in [4.78, 5) is 19.5. The van der Waals surface area contributed by atoms with Gasteiger partial charge in [0.2, 0.25) is 0 Å². The van der Waals surface area contributed by atoms with Crippen LogP contribution in [-0.2, 0) is 0 Å². The molecule has 86 valence electrons. The molecule has 0 spiro atoms. The molecule has 0 unspecified atom stereocenters. The Morgan fingerprint density at radius 1 is 1.12 bits per heavy atom. The SMILES string of the molecule is CC(C)c1ncc(-c2ccccc2C=O)cn1. The molecule has 0 aliphatic heterocycles. The number of nitrogens with zero attached hydrogens (tertiary/aromatic N) is 2. The summed E-state index contributed by atoms with van der Waals surface area (Å²) in [7, 11) is 0. The highest BCUT2D eigenvalue weighted by atomic mass is 16.1. The average Bonchev–Trinajstić information content (AvgIpc) is 2.39. The Labute approximate surface area is 101 Å². The Morgan fingerprint density at radius 3 is 2.35 bits per heavy atom. The van der Waals surface area contributed by atoms with Crippen LogP contribution in [0.3, 0.4) is 0 Å². The van der Waals surface area contributed by atoms with Gasteiger partial charge in [0.1, 0.15) is 5.82 Å². The van der Waals surface area contributed by atoms with Crippen molar-refractivity contribution in [3.63, 3.8) is 0 Å². The first kappa shape index (κ1) is 11.5. The molecule has 0 saturated carbocycles. The molecule has 0 aliphatic carbocycles. The lowest BCUT2D eigenvalue weighted by atomic mass is 10.0. The van der Waals surface area contributed by atoms with Crippen LogP contribution in [0.4, 0.5) is 0 Å². The fourth-order valence-corrected chi connectivity index (χ4v) is 1.64. The lowest BCUT2D eigenvalue weighted by Gasteiger charge is -2.06. The van der Waals surface area contributed by atoms with E-state index >= 15 is 0 Å². The maximum Gasteiger partial charge on any atom is 0.150 e. The number of carbonyl (C=O) groups excluding carboxylic acids is 1. The van der Waals surface area contributed by atoms with Gasteiger partial charge in [0.05, 0.1) is 0 Å². The van der Waals surface area contributed by atoms with E-state index in [0.717, 1.165) is 23.2 Å². The summed E-state index contributed by atoms with van der Waals surface area (Å²) in [6, 6.07) is 7.44. The second-order valence-electron chi connectivity index (χ2n) is 4.19. The number of rotatable bonds is 3. The van der Waals surface area contributed by atoms with Crippen molar-refractivity contribution in [3.8, 4) is 11.1 Å². The van der Waals surface area contributed by atoms with Crippen molar-refractivity contribution >= 4 is 6.29 Å². The molecule has 17 heavy (non-hydrogen) atoms. The summed E-state index contributed by atoms with van der Waals surface area (Å²) in [5.41, 5.74) is 2.41. The van der Waals surface area contributed by atoms with Gasteiger partial charge < -0.3 is 0 Å². The van der Waals surface area contributed by atoms with Gasteiger partial charge in [0.15, 0.2) is 6.29 Å². The molecule has 1 aromatic heterocycles. The molecule has 0 aliphatic rings. The van der Waals surface area contributed by atoms with E-state index in [2.05, 4.69) is 9.97 Å². The zero-order chi connectivity index (χ0) is 12.3. The van der Waals surface area contributed by atoms with E-state index in [1.807, 2.05) is 32.0 Å². The minimum Gasteiger partial charge on any atom is -0.298 e. The first-order valence-corrected chi connectivity index (χ1v) is 5.59. The molecule has 0 N–H and O–H groups in total. The van der Waals surface area contributed by atoms with Gasteiger partial charge in [-0.05, 0) is 5.56 Å². The number of aldehydes is 1. The molecule has 1 aromatic carbocycles. The quantitative estimate of drug-likeness (QED) is 0.755. The number of hydrogen-bond donors (Lipinski definition) is 0.